The van der Waals surface area contributed by atoms with Gasteiger partial charge in [-0.15, -0.1) is 0 Å². The van der Waals surface area contributed by atoms with E-state index in [0.29, 0.717) is 19.6 Å². The van der Waals surface area contributed by atoms with E-state index in [2.05, 4.69) is 11.9 Å². The second kappa shape index (κ2) is 14.9. The topological polar surface area (TPSA) is 73.9 Å². The highest BCUT2D eigenvalue weighted by atomic mass is 16.5. The molecule has 1 fully saturated rings. The summed E-state index contributed by atoms with van der Waals surface area (Å²) < 4.78 is 18.8. The number of carbonyl (C=O) groups excluding carboxylic acids is 2. The molecule has 0 aromatic heterocycles. The zero-order valence-corrected chi connectivity index (χ0v) is 24.3. The van der Waals surface area contributed by atoms with Gasteiger partial charge in [0, 0.05) is 6.54 Å². The van der Waals surface area contributed by atoms with Crippen molar-refractivity contribution in [1.82, 2.24) is 5.32 Å². The summed E-state index contributed by atoms with van der Waals surface area (Å²) in [6.07, 6.45) is -1.19. The lowest BCUT2D eigenvalue weighted by Crippen LogP contribution is -2.46. The monoisotopic (exact) mass is 555 g/mol. The summed E-state index contributed by atoms with van der Waals surface area (Å²) in [5.41, 5.74) is 4.99. The summed E-state index contributed by atoms with van der Waals surface area (Å²) in [6, 6.07) is 27.8. The summed E-state index contributed by atoms with van der Waals surface area (Å²) in [4.78, 5) is 27.5. The normalized spacial score (nSPS) is 18.9. The van der Waals surface area contributed by atoms with E-state index in [-0.39, 0.29) is 24.8 Å². The number of rotatable bonds is 15. The predicted octanol–water partition coefficient (Wildman–Crippen LogP) is 5.62. The summed E-state index contributed by atoms with van der Waals surface area (Å²) in [5, 5.41) is 2.86. The third-order valence-electron chi connectivity index (χ3n) is 7.42. The highest BCUT2D eigenvalue weighted by Crippen LogP contribution is 2.29. The number of amides is 1. The molecule has 1 amide bonds. The van der Waals surface area contributed by atoms with Gasteiger partial charge in [0.2, 0.25) is 5.91 Å². The molecular weight excluding hydrogens is 514 g/mol. The highest BCUT2D eigenvalue weighted by Gasteiger charge is 2.46. The van der Waals surface area contributed by atoms with Crippen molar-refractivity contribution in [3.05, 3.63) is 119 Å². The van der Waals surface area contributed by atoms with Crippen molar-refractivity contribution in [2.24, 2.45) is 11.8 Å². The van der Waals surface area contributed by atoms with Gasteiger partial charge in [0.05, 0.1) is 44.1 Å². The molecule has 1 N–H and O–H groups in total. The molecule has 0 spiro atoms. The molecule has 1 saturated heterocycles. The number of nitrogens with one attached hydrogen (secondary N) is 1. The summed E-state index contributed by atoms with van der Waals surface area (Å²) in [6.45, 7) is 11.1. The van der Waals surface area contributed by atoms with Gasteiger partial charge in [-0.1, -0.05) is 103 Å². The molecule has 3 aromatic carbocycles. The van der Waals surface area contributed by atoms with Gasteiger partial charge in [-0.25, -0.2) is 0 Å². The maximum Gasteiger partial charge on any atom is 0.233 e. The zero-order chi connectivity index (χ0) is 29.2. The largest absolute Gasteiger partial charge is 0.371 e. The van der Waals surface area contributed by atoms with Gasteiger partial charge in [0.25, 0.3) is 0 Å². The first-order chi connectivity index (χ1) is 19.8. The van der Waals surface area contributed by atoms with E-state index in [0.717, 1.165) is 27.8 Å². The number of hydrogen-bond acceptors (Lipinski definition) is 5. The van der Waals surface area contributed by atoms with Crippen LogP contribution in [-0.2, 0) is 43.4 Å². The molecule has 5 atom stereocenters. The minimum Gasteiger partial charge on any atom is -0.371 e. The van der Waals surface area contributed by atoms with Crippen LogP contribution in [0.3, 0.4) is 0 Å². The fraction of sp³-hybridized carbons (Fsp3) is 0.371. The van der Waals surface area contributed by atoms with E-state index < -0.39 is 30.1 Å². The molecule has 3 aromatic rings. The standard InChI is InChI=1S/C35H41NO5/c1-24(2)21-41-34(26(4)39-22-28-11-7-5-8-12-28)30(19-27-17-15-25(3)16-18-27)33(37)32-31(20-36-35(32)38)40-23-29-13-9-6-10-14-29/h5-18,26,30-32,34H,1,19-23H2,2-4H3,(H,36,38)/t26-,30-,31?,32+,34-/m0/s1. The van der Waals surface area contributed by atoms with Gasteiger partial charge in [-0.05, 0) is 43.9 Å². The molecule has 4 rings (SSSR count). The average Bonchev–Trinajstić information content (AvgIpc) is 3.36. The highest BCUT2D eigenvalue weighted by molar-refractivity contribution is 6.04. The van der Waals surface area contributed by atoms with Crippen LogP contribution >= 0.6 is 0 Å². The lowest BCUT2D eigenvalue weighted by molar-refractivity contribution is -0.148. The maximum atomic E-state index is 14.4. The number of hydrogen-bond donors (Lipinski definition) is 1. The Labute approximate surface area is 243 Å². The van der Waals surface area contributed by atoms with E-state index in [1.54, 1.807) is 0 Å². The van der Waals surface area contributed by atoms with Crippen molar-refractivity contribution >= 4 is 11.7 Å². The van der Waals surface area contributed by atoms with E-state index >= 15 is 0 Å². The van der Waals surface area contributed by atoms with Crippen molar-refractivity contribution < 1.29 is 23.8 Å². The number of ketones is 1. The Bertz CT molecular complexity index is 1270. The average molecular weight is 556 g/mol. The van der Waals surface area contributed by atoms with E-state index in [9.17, 15) is 9.59 Å². The van der Waals surface area contributed by atoms with Crippen LogP contribution in [0.1, 0.15) is 36.1 Å². The third kappa shape index (κ3) is 8.70. The molecule has 0 bridgehead atoms. The number of carbonyl (C=O) groups is 2. The molecule has 6 heteroatoms. The van der Waals surface area contributed by atoms with Crippen LogP contribution in [0.25, 0.3) is 0 Å². The number of ether oxygens (including phenoxy) is 3. The third-order valence-corrected chi connectivity index (χ3v) is 7.42. The molecule has 1 heterocycles. The van der Waals surface area contributed by atoms with E-state index in [1.807, 2.05) is 106 Å². The molecular formula is C35H41NO5. The lowest BCUT2D eigenvalue weighted by atomic mass is 9.81. The Kier molecular flexibility index (Phi) is 11.0. The van der Waals surface area contributed by atoms with Crippen molar-refractivity contribution in [3.63, 3.8) is 0 Å². The van der Waals surface area contributed by atoms with Gasteiger partial charge >= 0.3 is 0 Å². The first-order valence-corrected chi connectivity index (χ1v) is 14.3. The van der Waals surface area contributed by atoms with Crippen LogP contribution in [0.5, 0.6) is 0 Å². The molecule has 0 aliphatic carbocycles. The van der Waals surface area contributed by atoms with Crippen molar-refractivity contribution in [2.45, 2.75) is 58.7 Å². The van der Waals surface area contributed by atoms with Crippen LogP contribution < -0.4 is 5.32 Å². The number of aryl methyl sites for hydroxylation is 1. The van der Waals surface area contributed by atoms with Crippen molar-refractivity contribution in [3.8, 4) is 0 Å². The predicted molar refractivity (Wildman–Crippen MR) is 160 cm³/mol. The molecule has 1 unspecified atom stereocenters. The molecule has 1 aliphatic heterocycles. The first-order valence-electron chi connectivity index (χ1n) is 14.3. The smallest absolute Gasteiger partial charge is 0.233 e. The molecule has 41 heavy (non-hydrogen) atoms. The summed E-state index contributed by atoms with van der Waals surface area (Å²) in [5.74, 6) is -2.08. The quantitative estimate of drug-likeness (QED) is 0.195. The number of benzene rings is 3. The van der Waals surface area contributed by atoms with Gasteiger partial charge in [-0.2, -0.15) is 0 Å². The van der Waals surface area contributed by atoms with E-state index in [4.69, 9.17) is 14.2 Å². The second-order valence-corrected chi connectivity index (χ2v) is 11.0. The second-order valence-electron chi connectivity index (χ2n) is 11.0. The molecule has 216 valence electrons. The maximum absolute atomic E-state index is 14.4. The van der Waals surface area contributed by atoms with Crippen LogP contribution in [-0.4, -0.2) is 43.2 Å². The fourth-order valence-electron chi connectivity index (χ4n) is 5.14. The van der Waals surface area contributed by atoms with Gasteiger partial charge in [0.1, 0.15) is 5.92 Å². The van der Waals surface area contributed by atoms with Gasteiger partial charge in [-0.3, -0.25) is 9.59 Å². The van der Waals surface area contributed by atoms with Crippen molar-refractivity contribution in [2.75, 3.05) is 13.2 Å². The molecule has 6 nitrogen and oxygen atoms in total. The van der Waals surface area contributed by atoms with Crippen molar-refractivity contribution in [1.29, 1.82) is 0 Å². The number of Topliss-reactive ketones (excluding diaryl/α,β-unsaturated/α-hetero) is 1. The Morgan fingerprint density at radius 2 is 1.51 bits per heavy atom. The SMILES string of the molecule is C=C(C)CO[C@@H]([C@H](C)OCc1ccccc1)[C@@H](Cc1ccc(C)cc1)C(=O)[C@@H]1C(=O)NCC1OCc1ccccc1. The molecule has 0 radical (unpaired) electrons. The Hall–Kier alpha value is -3.58. The minimum absolute atomic E-state index is 0.194. The molecule has 0 saturated carbocycles. The summed E-state index contributed by atoms with van der Waals surface area (Å²) in [7, 11) is 0. The first kappa shape index (κ1) is 30.4. The zero-order valence-electron chi connectivity index (χ0n) is 24.3. The van der Waals surface area contributed by atoms with Gasteiger partial charge in [0.15, 0.2) is 5.78 Å². The minimum atomic E-state index is -0.939. The Balaban J connectivity index is 1.61. The fourth-order valence-corrected chi connectivity index (χ4v) is 5.14. The summed E-state index contributed by atoms with van der Waals surface area (Å²) >= 11 is 0. The van der Waals surface area contributed by atoms with Crippen LogP contribution in [0.4, 0.5) is 0 Å². The van der Waals surface area contributed by atoms with Gasteiger partial charge < -0.3 is 19.5 Å². The lowest BCUT2D eigenvalue weighted by Gasteiger charge is -2.33. The van der Waals surface area contributed by atoms with Crippen LogP contribution in [0.15, 0.2) is 97.1 Å². The Morgan fingerprint density at radius 3 is 2.12 bits per heavy atom. The Morgan fingerprint density at radius 1 is 0.902 bits per heavy atom. The molecule has 1 aliphatic rings. The van der Waals surface area contributed by atoms with Crippen LogP contribution in [0.2, 0.25) is 0 Å². The van der Waals surface area contributed by atoms with Crippen LogP contribution in [0, 0.1) is 18.8 Å². The van der Waals surface area contributed by atoms with E-state index in [1.165, 1.54) is 0 Å².